The summed E-state index contributed by atoms with van der Waals surface area (Å²) in [6, 6.07) is 13.9. The Morgan fingerprint density at radius 1 is 1.12 bits per heavy atom. The molecule has 0 atom stereocenters. The van der Waals surface area contributed by atoms with Gasteiger partial charge in [-0.3, -0.25) is 0 Å². The maximum absolute atomic E-state index is 13.3. The molecule has 1 aromatic carbocycles. The van der Waals surface area contributed by atoms with Crippen molar-refractivity contribution >= 4 is 32.0 Å². The summed E-state index contributed by atoms with van der Waals surface area (Å²) in [5.74, 6) is 0. The number of pyridine rings is 2. The van der Waals surface area contributed by atoms with Gasteiger partial charge >= 0.3 is 0 Å². The molecule has 4 aromatic rings. The lowest BCUT2D eigenvalue weighted by Crippen LogP contribution is -2.13. The largest absolute Gasteiger partial charge is 0.269 e. The molecule has 0 aliphatic carbocycles. The number of rotatable bonds is 3. The number of aromatic nitrogens is 3. The van der Waals surface area contributed by atoms with E-state index in [0.717, 1.165) is 5.56 Å². The van der Waals surface area contributed by atoms with Gasteiger partial charge in [-0.15, -0.1) is 0 Å². The van der Waals surface area contributed by atoms with Gasteiger partial charge in [0.25, 0.3) is 10.0 Å². The van der Waals surface area contributed by atoms with Gasteiger partial charge in [-0.1, -0.05) is 25.1 Å². The zero-order chi connectivity index (χ0) is 18.3. The fraction of sp³-hybridized carbons (Fsp3) is 0.105. The second-order valence-corrected chi connectivity index (χ2v) is 7.55. The van der Waals surface area contributed by atoms with Crippen LogP contribution in [0.15, 0.2) is 59.8 Å². The van der Waals surface area contributed by atoms with Gasteiger partial charge in [0.05, 0.1) is 16.6 Å². The molecule has 26 heavy (non-hydrogen) atoms. The van der Waals surface area contributed by atoms with E-state index in [2.05, 4.69) is 16.0 Å². The molecule has 6 nitrogen and oxygen atoms in total. The van der Waals surface area contributed by atoms with Crippen molar-refractivity contribution < 1.29 is 8.42 Å². The maximum atomic E-state index is 13.3. The van der Waals surface area contributed by atoms with E-state index in [1.165, 1.54) is 10.2 Å². The quantitative estimate of drug-likeness (QED) is 0.558. The molecule has 3 aromatic heterocycles. The highest BCUT2D eigenvalue weighted by molar-refractivity contribution is 7.90. The molecule has 3 heterocycles. The van der Waals surface area contributed by atoms with E-state index >= 15 is 0 Å². The third-order valence-corrected chi connectivity index (χ3v) is 6.09. The third kappa shape index (κ3) is 2.20. The minimum atomic E-state index is -3.86. The first kappa shape index (κ1) is 16.2. The summed E-state index contributed by atoms with van der Waals surface area (Å²) >= 11 is 0. The Morgan fingerprint density at radius 3 is 2.58 bits per heavy atom. The van der Waals surface area contributed by atoms with Crippen LogP contribution in [0.25, 0.3) is 21.9 Å². The van der Waals surface area contributed by atoms with Crippen molar-refractivity contribution in [1.29, 1.82) is 5.26 Å². The molecule has 0 N–H and O–H groups in total. The normalized spacial score (nSPS) is 11.7. The Balaban J connectivity index is 2.22. The molecule has 7 heteroatoms. The van der Waals surface area contributed by atoms with Crippen molar-refractivity contribution in [2.24, 2.45) is 0 Å². The number of nitriles is 1. The zero-order valence-electron chi connectivity index (χ0n) is 13.9. The lowest BCUT2D eigenvalue weighted by molar-refractivity contribution is 0.590. The Morgan fingerprint density at radius 2 is 1.88 bits per heavy atom. The molecule has 128 valence electrons. The molecule has 0 aliphatic rings. The average Bonchev–Trinajstić information content (AvgIpc) is 3.03. The SMILES string of the molecule is CCc1c(C#N)ncc2c1c1cccnc1n2S(=O)(=O)c1ccccc1. The average molecular weight is 362 g/mol. The number of aryl methyl sites for hydroxylation is 1. The van der Waals surface area contributed by atoms with Gasteiger partial charge in [-0.05, 0) is 36.2 Å². The predicted octanol–water partition coefficient (Wildman–Crippen LogP) is 3.26. The topological polar surface area (TPSA) is 88.6 Å². The molecular weight excluding hydrogens is 348 g/mol. The van der Waals surface area contributed by atoms with E-state index in [-0.39, 0.29) is 4.90 Å². The van der Waals surface area contributed by atoms with Crippen LogP contribution in [0.2, 0.25) is 0 Å². The standard InChI is InChI=1S/C19H14N4O2S/c1-2-14-16(11-20)22-12-17-18(14)15-9-6-10-21-19(15)23(17)26(24,25)13-7-4-3-5-8-13/h3-10,12H,2H2,1H3. The molecule has 0 fully saturated rings. The van der Waals surface area contributed by atoms with Crippen LogP contribution in [0.4, 0.5) is 0 Å². The number of benzene rings is 1. The van der Waals surface area contributed by atoms with Gasteiger partial charge in [-0.2, -0.15) is 5.26 Å². The highest BCUT2D eigenvalue weighted by atomic mass is 32.2. The second-order valence-electron chi connectivity index (χ2n) is 5.77. The molecule has 0 saturated carbocycles. The molecule has 0 saturated heterocycles. The predicted molar refractivity (Wildman–Crippen MR) is 98.2 cm³/mol. The Bertz CT molecular complexity index is 1290. The lowest BCUT2D eigenvalue weighted by Gasteiger charge is -2.09. The summed E-state index contributed by atoms with van der Waals surface area (Å²) in [5.41, 5.74) is 1.79. The van der Waals surface area contributed by atoms with Gasteiger partial charge < -0.3 is 0 Å². The fourth-order valence-electron chi connectivity index (χ4n) is 3.25. The van der Waals surface area contributed by atoms with Gasteiger partial charge in [0.2, 0.25) is 0 Å². The molecule has 0 amide bonds. The van der Waals surface area contributed by atoms with Crippen molar-refractivity contribution in [3.05, 3.63) is 66.1 Å². The van der Waals surface area contributed by atoms with Gasteiger partial charge in [0, 0.05) is 17.0 Å². The van der Waals surface area contributed by atoms with E-state index in [9.17, 15) is 13.7 Å². The van der Waals surface area contributed by atoms with Crippen molar-refractivity contribution in [3.8, 4) is 6.07 Å². The fourth-order valence-corrected chi connectivity index (χ4v) is 4.73. The Kier molecular flexibility index (Phi) is 3.71. The van der Waals surface area contributed by atoms with Crippen LogP contribution in [0.1, 0.15) is 18.2 Å². The van der Waals surface area contributed by atoms with Crippen LogP contribution in [0.5, 0.6) is 0 Å². The molecule has 0 unspecified atom stereocenters. The van der Waals surface area contributed by atoms with Crippen LogP contribution in [0, 0.1) is 11.3 Å². The number of hydrogen-bond acceptors (Lipinski definition) is 5. The van der Waals surface area contributed by atoms with E-state index < -0.39 is 10.0 Å². The van der Waals surface area contributed by atoms with Crippen LogP contribution >= 0.6 is 0 Å². The monoisotopic (exact) mass is 362 g/mol. The number of nitrogens with zero attached hydrogens (tertiary/aromatic N) is 4. The van der Waals surface area contributed by atoms with Gasteiger partial charge in [0.15, 0.2) is 5.65 Å². The first-order chi connectivity index (χ1) is 12.6. The second kappa shape index (κ2) is 5.93. The van der Waals surface area contributed by atoms with Gasteiger partial charge in [-0.25, -0.2) is 22.4 Å². The highest BCUT2D eigenvalue weighted by Crippen LogP contribution is 2.34. The van der Waals surface area contributed by atoms with Crippen molar-refractivity contribution in [1.82, 2.24) is 13.9 Å². The number of hydrogen-bond donors (Lipinski definition) is 0. The molecule has 0 bridgehead atoms. The van der Waals surface area contributed by atoms with Crippen LogP contribution < -0.4 is 0 Å². The first-order valence-corrected chi connectivity index (χ1v) is 9.51. The first-order valence-electron chi connectivity index (χ1n) is 8.07. The smallest absolute Gasteiger partial charge is 0.243 e. The maximum Gasteiger partial charge on any atom is 0.269 e. The van der Waals surface area contributed by atoms with Crippen LogP contribution in [-0.2, 0) is 16.4 Å². The summed E-state index contributed by atoms with van der Waals surface area (Å²) in [6.07, 6.45) is 3.56. The summed E-state index contributed by atoms with van der Waals surface area (Å²) in [5, 5.41) is 10.8. The summed E-state index contributed by atoms with van der Waals surface area (Å²) in [4.78, 5) is 8.67. The van der Waals surface area contributed by atoms with E-state index in [4.69, 9.17) is 0 Å². The van der Waals surface area contributed by atoms with E-state index in [0.29, 0.717) is 34.1 Å². The molecule has 0 spiro atoms. The molecule has 0 radical (unpaired) electrons. The summed E-state index contributed by atoms with van der Waals surface area (Å²) in [7, 11) is -3.86. The van der Waals surface area contributed by atoms with E-state index in [1.807, 2.05) is 13.0 Å². The zero-order valence-corrected chi connectivity index (χ0v) is 14.7. The van der Waals surface area contributed by atoms with Gasteiger partial charge in [0.1, 0.15) is 11.8 Å². The minimum Gasteiger partial charge on any atom is -0.243 e. The summed E-state index contributed by atoms with van der Waals surface area (Å²) < 4.78 is 27.8. The molecule has 0 aliphatic heterocycles. The van der Waals surface area contributed by atoms with Crippen molar-refractivity contribution in [3.63, 3.8) is 0 Å². The molecule has 4 rings (SSSR count). The lowest BCUT2D eigenvalue weighted by atomic mass is 10.0. The van der Waals surface area contributed by atoms with Crippen LogP contribution in [0.3, 0.4) is 0 Å². The van der Waals surface area contributed by atoms with E-state index in [1.54, 1.807) is 42.6 Å². The third-order valence-electron chi connectivity index (χ3n) is 4.37. The highest BCUT2D eigenvalue weighted by Gasteiger charge is 2.26. The summed E-state index contributed by atoms with van der Waals surface area (Å²) in [6.45, 7) is 1.92. The molecular formula is C19H14N4O2S. The van der Waals surface area contributed by atoms with Crippen LogP contribution in [-0.4, -0.2) is 22.4 Å². The minimum absolute atomic E-state index is 0.173. The number of fused-ring (bicyclic) bond motifs is 3. The Hall–Kier alpha value is -3.24. The Labute approximate surface area is 150 Å². The van der Waals surface area contributed by atoms with Crippen molar-refractivity contribution in [2.45, 2.75) is 18.2 Å². The van der Waals surface area contributed by atoms with Crippen molar-refractivity contribution in [2.75, 3.05) is 0 Å².